The van der Waals surface area contributed by atoms with E-state index in [0.29, 0.717) is 18.3 Å². The maximum atomic E-state index is 13.4. The van der Waals surface area contributed by atoms with Crippen molar-refractivity contribution in [1.82, 2.24) is 14.9 Å². The summed E-state index contributed by atoms with van der Waals surface area (Å²) in [6.45, 7) is 5.42. The molecule has 1 saturated heterocycles. The van der Waals surface area contributed by atoms with E-state index >= 15 is 0 Å². The number of likely N-dealkylation sites (tertiary alicyclic amines) is 1. The first-order chi connectivity index (χ1) is 12.1. The van der Waals surface area contributed by atoms with E-state index in [9.17, 15) is 4.39 Å². The average molecular weight is 349 g/mol. The summed E-state index contributed by atoms with van der Waals surface area (Å²) in [7, 11) is 0. The van der Waals surface area contributed by atoms with Crippen LogP contribution < -0.4 is 4.74 Å². The van der Waals surface area contributed by atoms with E-state index in [0.717, 1.165) is 44.0 Å². The van der Waals surface area contributed by atoms with Crippen LogP contribution in [0.4, 0.5) is 4.39 Å². The van der Waals surface area contributed by atoms with Crippen molar-refractivity contribution in [2.45, 2.75) is 25.7 Å². The minimum atomic E-state index is -0.295. The third-order valence-electron chi connectivity index (χ3n) is 4.09. The number of nitrogens with one attached hydrogen (secondary N) is 1. The lowest BCUT2D eigenvalue weighted by atomic mass is 10.1. The second-order valence-corrected chi connectivity index (χ2v) is 5.98. The fourth-order valence-corrected chi connectivity index (χ4v) is 2.93. The quantitative estimate of drug-likeness (QED) is 0.619. The second kappa shape index (κ2) is 9.78. The molecule has 0 spiro atoms. The molecule has 25 heavy (non-hydrogen) atoms. The van der Waals surface area contributed by atoms with E-state index in [4.69, 9.17) is 14.6 Å². The molecular formula is C18H24FN3O3. The zero-order valence-electron chi connectivity index (χ0n) is 14.3. The Morgan fingerprint density at radius 2 is 2.24 bits per heavy atom. The number of carboxylic acid groups (broad SMARTS) is 1. The van der Waals surface area contributed by atoms with Crippen LogP contribution in [0.5, 0.6) is 5.75 Å². The highest BCUT2D eigenvalue weighted by molar-refractivity contribution is 5.32. The summed E-state index contributed by atoms with van der Waals surface area (Å²) < 4.78 is 18.9. The molecule has 136 valence electrons. The number of rotatable bonds is 6. The molecule has 0 amide bonds. The molecule has 2 aromatic rings. The summed E-state index contributed by atoms with van der Waals surface area (Å²) in [5, 5.41) is 6.89. The number of aryl methyl sites for hydroxylation is 1. The van der Waals surface area contributed by atoms with Crippen LogP contribution >= 0.6 is 0 Å². The molecule has 1 aromatic heterocycles. The first-order valence-electron chi connectivity index (χ1n) is 8.33. The number of aromatic nitrogens is 2. The molecule has 1 aliphatic heterocycles. The highest BCUT2D eigenvalue weighted by Gasteiger charge is 2.25. The van der Waals surface area contributed by atoms with Gasteiger partial charge in [-0.05, 0) is 38.4 Å². The number of H-pyrrole nitrogens is 1. The standard InChI is InChI=1S/C17H22FN3O.CH2O2/c1-13-11-19-17(20-13)14-7-9-21(12-14)8-4-10-22-16-6-3-2-5-15(16)18;2-1-3/h2-3,5-6,11,14H,4,7-10,12H2,1H3,(H,19,20);1H,(H,2,3). The monoisotopic (exact) mass is 349 g/mol. The maximum absolute atomic E-state index is 13.4. The first-order valence-corrected chi connectivity index (χ1v) is 8.33. The Labute approximate surface area is 146 Å². The van der Waals surface area contributed by atoms with Crippen molar-refractivity contribution in [3.8, 4) is 5.75 Å². The summed E-state index contributed by atoms with van der Waals surface area (Å²) in [4.78, 5) is 18.5. The topological polar surface area (TPSA) is 78.5 Å². The lowest BCUT2D eigenvalue weighted by Gasteiger charge is -2.15. The molecule has 7 heteroatoms. The van der Waals surface area contributed by atoms with Gasteiger partial charge in [0.1, 0.15) is 5.82 Å². The number of ether oxygens (including phenoxy) is 1. The molecule has 2 N–H and O–H groups in total. The smallest absolute Gasteiger partial charge is 0.290 e. The zero-order valence-corrected chi connectivity index (χ0v) is 14.3. The van der Waals surface area contributed by atoms with Crippen molar-refractivity contribution in [3.05, 3.63) is 47.8 Å². The van der Waals surface area contributed by atoms with Crippen molar-refractivity contribution in [3.63, 3.8) is 0 Å². The van der Waals surface area contributed by atoms with Gasteiger partial charge in [-0.1, -0.05) is 12.1 Å². The number of para-hydroxylation sites is 1. The molecule has 1 atom stereocenters. The van der Waals surface area contributed by atoms with Crippen molar-refractivity contribution < 1.29 is 19.0 Å². The van der Waals surface area contributed by atoms with Crippen molar-refractivity contribution in [2.75, 3.05) is 26.2 Å². The predicted octanol–water partition coefficient (Wildman–Crippen LogP) is 2.82. The number of nitrogens with zero attached hydrogens (tertiary/aromatic N) is 2. The summed E-state index contributed by atoms with van der Waals surface area (Å²) in [6.07, 6.45) is 3.93. The third-order valence-corrected chi connectivity index (χ3v) is 4.09. The Balaban J connectivity index is 0.000000701. The number of halogens is 1. The highest BCUT2D eigenvalue weighted by Crippen LogP contribution is 2.25. The molecule has 0 aliphatic carbocycles. The molecule has 2 heterocycles. The van der Waals surface area contributed by atoms with Crippen molar-refractivity contribution in [1.29, 1.82) is 0 Å². The number of hydrogen-bond donors (Lipinski definition) is 2. The molecule has 0 saturated carbocycles. The van der Waals surface area contributed by atoms with Gasteiger partial charge in [0, 0.05) is 30.9 Å². The van der Waals surface area contributed by atoms with Gasteiger partial charge in [0.05, 0.1) is 6.61 Å². The van der Waals surface area contributed by atoms with Gasteiger partial charge in [0.25, 0.3) is 6.47 Å². The van der Waals surface area contributed by atoms with Gasteiger partial charge < -0.3 is 19.7 Å². The predicted molar refractivity (Wildman–Crippen MR) is 92.3 cm³/mol. The van der Waals surface area contributed by atoms with Crippen LogP contribution in [-0.2, 0) is 4.79 Å². The van der Waals surface area contributed by atoms with Gasteiger partial charge >= 0.3 is 0 Å². The van der Waals surface area contributed by atoms with Crippen LogP contribution in [0.15, 0.2) is 30.5 Å². The van der Waals surface area contributed by atoms with Crippen LogP contribution in [0.2, 0.25) is 0 Å². The van der Waals surface area contributed by atoms with Crippen molar-refractivity contribution in [2.24, 2.45) is 0 Å². The molecule has 0 radical (unpaired) electrons. The fourth-order valence-electron chi connectivity index (χ4n) is 2.93. The third kappa shape index (κ3) is 5.86. The summed E-state index contributed by atoms with van der Waals surface area (Å²) >= 11 is 0. The number of carbonyl (C=O) groups is 1. The number of imidazole rings is 1. The summed E-state index contributed by atoms with van der Waals surface area (Å²) in [6, 6.07) is 6.55. The van der Waals surface area contributed by atoms with E-state index in [2.05, 4.69) is 14.9 Å². The van der Waals surface area contributed by atoms with Crippen LogP contribution in [0.25, 0.3) is 0 Å². The molecule has 3 rings (SSSR count). The highest BCUT2D eigenvalue weighted by atomic mass is 19.1. The lowest BCUT2D eigenvalue weighted by molar-refractivity contribution is -0.122. The Morgan fingerprint density at radius 1 is 1.48 bits per heavy atom. The minimum Gasteiger partial charge on any atom is -0.490 e. The molecule has 1 unspecified atom stereocenters. The second-order valence-electron chi connectivity index (χ2n) is 5.98. The summed E-state index contributed by atoms with van der Waals surface area (Å²) in [5.74, 6) is 1.65. The molecule has 1 aromatic carbocycles. The van der Waals surface area contributed by atoms with Crippen LogP contribution in [0, 0.1) is 12.7 Å². The molecule has 6 nitrogen and oxygen atoms in total. The SMILES string of the molecule is Cc1cnc(C2CCN(CCCOc3ccccc3F)C2)[nH]1.O=CO. The van der Waals surface area contributed by atoms with Crippen LogP contribution in [-0.4, -0.2) is 52.7 Å². The van der Waals surface area contributed by atoms with Gasteiger partial charge in [0.2, 0.25) is 0 Å². The number of benzene rings is 1. The fraction of sp³-hybridized carbons (Fsp3) is 0.444. The summed E-state index contributed by atoms with van der Waals surface area (Å²) in [5.41, 5.74) is 1.12. The normalized spacial score (nSPS) is 17.0. The van der Waals surface area contributed by atoms with Gasteiger partial charge in [-0.25, -0.2) is 9.37 Å². The van der Waals surface area contributed by atoms with Crippen LogP contribution in [0.3, 0.4) is 0 Å². The van der Waals surface area contributed by atoms with Crippen molar-refractivity contribution >= 4 is 6.47 Å². The Morgan fingerprint density at radius 3 is 2.92 bits per heavy atom. The van der Waals surface area contributed by atoms with Gasteiger partial charge in [-0.3, -0.25) is 4.79 Å². The van der Waals surface area contributed by atoms with Gasteiger partial charge in [0.15, 0.2) is 11.6 Å². The minimum absolute atomic E-state index is 0.250. The van der Waals surface area contributed by atoms with Crippen LogP contribution in [0.1, 0.15) is 30.3 Å². The Kier molecular flexibility index (Phi) is 7.40. The van der Waals surface area contributed by atoms with E-state index in [1.165, 1.54) is 6.07 Å². The number of aromatic amines is 1. The molecule has 0 bridgehead atoms. The Hall–Kier alpha value is -2.41. The lowest BCUT2D eigenvalue weighted by Crippen LogP contribution is -2.23. The Bertz CT molecular complexity index is 663. The van der Waals surface area contributed by atoms with E-state index in [1.54, 1.807) is 18.2 Å². The molecular weight excluding hydrogens is 325 g/mol. The number of hydrogen-bond acceptors (Lipinski definition) is 4. The average Bonchev–Trinajstić information content (AvgIpc) is 3.23. The molecule has 1 aliphatic rings. The van der Waals surface area contributed by atoms with E-state index in [1.807, 2.05) is 13.1 Å². The first kappa shape index (κ1) is 18.9. The van der Waals surface area contributed by atoms with Gasteiger partial charge in [-0.2, -0.15) is 0 Å². The van der Waals surface area contributed by atoms with Gasteiger partial charge in [-0.15, -0.1) is 0 Å². The molecule has 1 fully saturated rings. The van der Waals surface area contributed by atoms with E-state index < -0.39 is 0 Å². The largest absolute Gasteiger partial charge is 0.490 e. The zero-order chi connectivity index (χ0) is 18.1. The van der Waals surface area contributed by atoms with E-state index in [-0.39, 0.29) is 12.3 Å². The maximum Gasteiger partial charge on any atom is 0.290 e.